The minimum Gasteiger partial charge on any atom is -0.481 e. The number of hydrogen-bond donors (Lipinski definition) is 2. The molecule has 1 fully saturated rings. The highest BCUT2D eigenvalue weighted by Crippen LogP contribution is 2.37. The Bertz CT molecular complexity index is 541. The molecule has 20 heavy (non-hydrogen) atoms. The number of halogens is 2. The molecule has 2 N–H and O–H groups in total. The summed E-state index contributed by atoms with van der Waals surface area (Å²) in [6.07, 6.45) is 3.03. The van der Waals surface area contributed by atoms with Crippen LogP contribution in [0.4, 0.5) is 0 Å². The predicted octanol–water partition coefficient (Wildman–Crippen LogP) is 3.48. The highest BCUT2D eigenvalue weighted by atomic mass is 79.9. The fraction of sp³-hybridized carbons (Fsp3) is 0.429. The number of nitrogens with one attached hydrogen (secondary N) is 1. The van der Waals surface area contributed by atoms with Crippen molar-refractivity contribution in [2.24, 2.45) is 5.41 Å². The van der Waals surface area contributed by atoms with Crippen LogP contribution in [0.15, 0.2) is 22.7 Å². The van der Waals surface area contributed by atoms with Crippen LogP contribution in [0.1, 0.15) is 36.0 Å². The standard InChI is InChI=1S/C14H15BrClNO3/c15-10-7-9(3-4-11(10)16)12(18)17-8-14(13(19)20)5-1-2-6-14/h3-4,7H,1-2,5-6,8H2,(H,17,18)(H,19,20). The molecule has 1 aromatic carbocycles. The first kappa shape index (κ1) is 15.3. The first-order chi connectivity index (χ1) is 9.44. The zero-order valence-electron chi connectivity index (χ0n) is 10.8. The zero-order chi connectivity index (χ0) is 14.8. The molecule has 0 aliphatic heterocycles. The third-order valence-corrected chi connectivity index (χ3v) is 5.00. The largest absolute Gasteiger partial charge is 0.481 e. The van der Waals surface area contributed by atoms with E-state index < -0.39 is 11.4 Å². The summed E-state index contributed by atoms with van der Waals surface area (Å²) in [5.41, 5.74) is -0.348. The van der Waals surface area contributed by atoms with Crippen molar-refractivity contribution in [2.45, 2.75) is 25.7 Å². The van der Waals surface area contributed by atoms with Crippen LogP contribution in [-0.2, 0) is 4.79 Å². The summed E-state index contributed by atoms with van der Waals surface area (Å²) in [5.74, 6) is -1.11. The maximum Gasteiger partial charge on any atom is 0.311 e. The Labute approximate surface area is 130 Å². The molecule has 108 valence electrons. The van der Waals surface area contributed by atoms with Gasteiger partial charge in [-0.3, -0.25) is 9.59 Å². The van der Waals surface area contributed by atoms with E-state index in [4.69, 9.17) is 11.6 Å². The number of carbonyl (C=O) groups is 2. The molecule has 2 rings (SSSR count). The van der Waals surface area contributed by atoms with Crippen molar-refractivity contribution >= 4 is 39.4 Å². The van der Waals surface area contributed by atoms with Gasteiger partial charge in [0.25, 0.3) is 5.91 Å². The minimum absolute atomic E-state index is 0.168. The van der Waals surface area contributed by atoms with Crippen LogP contribution in [0.25, 0.3) is 0 Å². The first-order valence-electron chi connectivity index (χ1n) is 6.41. The number of hydrogen-bond acceptors (Lipinski definition) is 2. The molecule has 1 aromatic rings. The van der Waals surface area contributed by atoms with Gasteiger partial charge in [-0.2, -0.15) is 0 Å². The van der Waals surface area contributed by atoms with Crippen molar-refractivity contribution in [1.29, 1.82) is 0 Å². The molecular weight excluding hydrogens is 346 g/mol. The second kappa shape index (κ2) is 6.14. The average Bonchev–Trinajstić information content (AvgIpc) is 2.89. The number of carboxylic acid groups (broad SMARTS) is 1. The van der Waals surface area contributed by atoms with Crippen molar-refractivity contribution in [3.63, 3.8) is 0 Å². The number of carbonyl (C=O) groups excluding carboxylic acids is 1. The Morgan fingerprint density at radius 2 is 2.00 bits per heavy atom. The van der Waals surface area contributed by atoms with Gasteiger partial charge in [0.1, 0.15) is 0 Å². The molecule has 1 saturated carbocycles. The topological polar surface area (TPSA) is 66.4 Å². The molecule has 0 aromatic heterocycles. The van der Waals surface area contributed by atoms with Gasteiger partial charge >= 0.3 is 5.97 Å². The molecular formula is C14H15BrClNO3. The van der Waals surface area contributed by atoms with E-state index >= 15 is 0 Å². The minimum atomic E-state index is -0.826. The molecule has 0 saturated heterocycles. The molecule has 0 heterocycles. The number of carboxylic acids is 1. The fourth-order valence-electron chi connectivity index (χ4n) is 2.51. The van der Waals surface area contributed by atoms with Crippen LogP contribution >= 0.6 is 27.5 Å². The number of amides is 1. The normalized spacial score (nSPS) is 16.9. The molecule has 1 aliphatic rings. The summed E-state index contributed by atoms with van der Waals surface area (Å²) in [4.78, 5) is 23.5. The second-order valence-corrected chi connectivity index (χ2v) is 6.37. The van der Waals surface area contributed by atoms with Gasteiger partial charge in [0.2, 0.25) is 0 Å². The molecule has 0 bridgehead atoms. The van der Waals surface area contributed by atoms with Gasteiger partial charge in [0, 0.05) is 16.6 Å². The fourth-order valence-corrected chi connectivity index (χ4v) is 3.00. The van der Waals surface area contributed by atoms with E-state index in [0.717, 1.165) is 12.8 Å². The molecule has 0 spiro atoms. The van der Waals surface area contributed by atoms with E-state index in [1.807, 2.05) is 0 Å². The lowest BCUT2D eigenvalue weighted by Gasteiger charge is -2.24. The summed E-state index contributed by atoms with van der Waals surface area (Å²) < 4.78 is 0.639. The first-order valence-corrected chi connectivity index (χ1v) is 7.58. The van der Waals surface area contributed by atoms with Gasteiger partial charge in [-0.1, -0.05) is 24.4 Å². The highest BCUT2D eigenvalue weighted by Gasteiger charge is 2.41. The second-order valence-electron chi connectivity index (χ2n) is 5.10. The van der Waals surface area contributed by atoms with E-state index in [9.17, 15) is 14.7 Å². The van der Waals surface area contributed by atoms with Crippen LogP contribution in [0.3, 0.4) is 0 Å². The van der Waals surface area contributed by atoms with Crippen LogP contribution in [-0.4, -0.2) is 23.5 Å². The Balaban J connectivity index is 2.04. The van der Waals surface area contributed by atoms with E-state index in [1.165, 1.54) is 0 Å². The number of rotatable bonds is 4. The van der Waals surface area contributed by atoms with Crippen molar-refractivity contribution in [2.75, 3.05) is 6.54 Å². The average molecular weight is 361 g/mol. The zero-order valence-corrected chi connectivity index (χ0v) is 13.1. The predicted molar refractivity (Wildman–Crippen MR) is 80.0 cm³/mol. The lowest BCUT2D eigenvalue weighted by atomic mass is 9.86. The third kappa shape index (κ3) is 3.15. The van der Waals surface area contributed by atoms with Gasteiger partial charge in [-0.15, -0.1) is 0 Å². The molecule has 0 radical (unpaired) electrons. The summed E-state index contributed by atoms with van der Waals surface area (Å²) in [5, 5.41) is 12.6. The van der Waals surface area contributed by atoms with Crippen LogP contribution in [0.2, 0.25) is 5.02 Å². The van der Waals surface area contributed by atoms with Crippen LogP contribution in [0, 0.1) is 5.41 Å². The summed E-state index contributed by atoms with van der Waals surface area (Å²) in [6, 6.07) is 4.87. The van der Waals surface area contributed by atoms with Gasteiger partial charge in [0.05, 0.1) is 10.4 Å². The highest BCUT2D eigenvalue weighted by molar-refractivity contribution is 9.10. The molecule has 1 amide bonds. The van der Waals surface area contributed by atoms with Crippen LogP contribution < -0.4 is 5.32 Å². The molecule has 6 heteroatoms. The van der Waals surface area contributed by atoms with Crippen molar-refractivity contribution in [1.82, 2.24) is 5.32 Å². The van der Waals surface area contributed by atoms with Gasteiger partial charge in [-0.25, -0.2) is 0 Å². The Kier molecular flexibility index (Phi) is 4.70. The Morgan fingerprint density at radius 3 is 2.55 bits per heavy atom. The Morgan fingerprint density at radius 1 is 1.35 bits per heavy atom. The lowest BCUT2D eigenvalue weighted by Crippen LogP contribution is -2.41. The van der Waals surface area contributed by atoms with Crippen molar-refractivity contribution in [3.8, 4) is 0 Å². The molecule has 0 unspecified atom stereocenters. The quantitative estimate of drug-likeness (QED) is 0.864. The molecule has 1 aliphatic carbocycles. The molecule has 4 nitrogen and oxygen atoms in total. The SMILES string of the molecule is O=C(NCC1(C(=O)O)CCCC1)c1ccc(Cl)c(Br)c1. The summed E-state index contributed by atoms with van der Waals surface area (Å²) in [6.45, 7) is 0.168. The van der Waals surface area contributed by atoms with Gasteiger partial charge < -0.3 is 10.4 Å². The Hall–Kier alpha value is -1.07. The smallest absolute Gasteiger partial charge is 0.311 e. The third-order valence-electron chi connectivity index (χ3n) is 3.78. The maximum atomic E-state index is 12.1. The van der Waals surface area contributed by atoms with E-state index in [1.54, 1.807) is 18.2 Å². The summed E-state index contributed by atoms with van der Waals surface area (Å²) >= 11 is 9.13. The van der Waals surface area contributed by atoms with E-state index in [0.29, 0.717) is 27.9 Å². The van der Waals surface area contributed by atoms with Gasteiger partial charge in [0.15, 0.2) is 0 Å². The summed E-state index contributed by atoms with van der Waals surface area (Å²) in [7, 11) is 0. The van der Waals surface area contributed by atoms with E-state index in [2.05, 4.69) is 21.2 Å². The molecule has 0 atom stereocenters. The van der Waals surface area contributed by atoms with Gasteiger partial charge in [-0.05, 0) is 47.0 Å². The van der Waals surface area contributed by atoms with Crippen LogP contribution in [0.5, 0.6) is 0 Å². The lowest BCUT2D eigenvalue weighted by molar-refractivity contribution is -0.148. The monoisotopic (exact) mass is 359 g/mol. The maximum absolute atomic E-state index is 12.1. The number of aliphatic carboxylic acids is 1. The van der Waals surface area contributed by atoms with E-state index in [-0.39, 0.29) is 12.5 Å². The number of benzene rings is 1. The van der Waals surface area contributed by atoms with Crippen molar-refractivity contribution in [3.05, 3.63) is 33.3 Å². The van der Waals surface area contributed by atoms with Crippen molar-refractivity contribution < 1.29 is 14.7 Å².